The maximum atomic E-state index is 12.0. The summed E-state index contributed by atoms with van der Waals surface area (Å²) < 4.78 is 2.92. The summed E-state index contributed by atoms with van der Waals surface area (Å²) in [5, 5.41) is 4.32. The van der Waals surface area contributed by atoms with Gasteiger partial charge in [0.15, 0.2) is 0 Å². The second-order valence-electron chi connectivity index (χ2n) is 4.41. The molecule has 1 aromatic heterocycles. The Kier molecular flexibility index (Phi) is 2.85. The average Bonchev–Trinajstić information content (AvgIpc) is 2.84. The van der Waals surface area contributed by atoms with Gasteiger partial charge in [-0.05, 0) is 52.4 Å². The van der Waals surface area contributed by atoms with Crippen LogP contribution in [-0.2, 0) is 24.8 Å². The Bertz CT molecular complexity index is 620. The number of nitrogens with zero attached hydrogens (tertiary/aromatic N) is 3. The normalized spacial score (nSPS) is 14.1. The molecule has 1 aliphatic rings. The molecule has 0 spiro atoms. The van der Waals surface area contributed by atoms with Gasteiger partial charge in [0.2, 0.25) is 5.91 Å². The van der Waals surface area contributed by atoms with E-state index in [0.29, 0.717) is 13.0 Å². The lowest BCUT2D eigenvalue weighted by atomic mass is 10.2. The fourth-order valence-electron chi connectivity index (χ4n) is 2.23. The minimum absolute atomic E-state index is 0.151. The lowest BCUT2D eigenvalue weighted by Crippen LogP contribution is -2.26. The maximum Gasteiger partial charge on any atom is 0.231 e. The third kappa shape index (κ3) is 2.03. The van der Waals surface area contributed by atoms with Crippen molar-refractivity contribution in [3.05, 3.63) is 45.3 Å². The smallest absolute Gasteiger partial charge is 0.231 e. The summed E-state index contributed by atoms with van der Waals surface area (Å²) in [6.07, 6.45) is 2.39. The summed E-state index contributed by atoms with van der Waals surface area (Å²) in [6, 6.07) is 8.07. The highest BCUT2D eigenvalue weighted by atomic mass is 127. The number of rotatable bonds is 2. The van der Waals surface area contributed by atoms with E-state index in [1.54, 1.807) is 4.68 Å². The number of anilines is 1. The molecule has 1 aliphatic heterocycles. The molecule has 0 unspecified atom stereocenters. The van der Waals surface area contributed by atoms with Crippen molar-refractivity contribution in [2.45, 2.75) is 13.0 Å². The SMILES string of the molecule is Cn1ccc(CN2C(=O)Cc3cc(I)ccc32)n1. The Morgan fingerprint density at radius 3 is 2.94 bits per heavy atom. The molecule has 0 fully saturated rings. The first kappa shape index (κ1) is 11.7. The Morgan fingerprint density at radius 1 is 1.39 bits per heavy atom. The van der Waals surface area contributed by atoms with Crippen LogP contribution in [0.3, 0.4) is 0 Å². The van der Waals surface area contributed by atoms with Gasteiger partial charge in [0.25, 0.3) is 0 Å². The highest BCUT2D eigenvalue weighted by Crippen LogP contribution is 2.31. The molecule has 4 nitrogen and oxygen atoms in total. The van der Waals surface area contributed by atoms with Crippen molar-refractivity contribution in [2.75, 3.05) is 4.90 Å². The monoisotopic (exact) mass is 353 g/mol. The van der Waals surface area contributed by atoms with E-state index in [0.717, 1.165) is 16.9 Å². The number of carbonyl (C=O) groups excluding carboxylic acids is 1. The van der Waals surface area contributed by atoms with Crippen LogP contribution in [0.15, 0.2) is 30.5 Å². The standard InChI is InChI=1S/C13H12IN3O/c1-16-5-4-11(15-16)8-17-12-3-2-10(14)6-9(12)7-13(17)18/h2-6H,7-8H2,1H3. The van der Waals surface area contributed by atoms with Crippen LogP contribution in [0.5, 0.6) is 0 Å². The number of benzene rings is 1. The van der Waals surface area contributed by atoms with Crippen molar-refractivity contribution in [3.8, 4) is 0 Å². The summed E-state index contributed by atoms with van der Waals surface area (Å²) >= 11 is 2.27. The molecule has 1 amide bonds. The van der Waals surface area contributed by atoms with Gasteiger partial charge in [0.1, 0.15) is 0 Å². The molecule has 0 saturated heterocycles. The number of fused-ring (bicyclic) bond motifs is 1. The number of aryl methyl sites for hydroxylation is 1. The molecule has 0 bridgehead atoms. The third-order valence-corrected chi connectivity index (χ3v) is 3.74. The third-order valence-electron chi connectivity index (χ3n) is 3.06. The van der Waals surface area contributed by atoms with Crippen LogP contribution < -0.4 is 4.90 Å². The van der Waals surface area contributed by atoms with E-state index in [1.807, 2.05) is 36.3 Å². The number of aromatic nitrogens is 2. The molecule has 2 aromatic rings. The predicted molar refractivity (Wildman–Crippen MR) is 77.3 cm³/mol. The average molecular weight is 353 g/mol. The maximum absolute atomic E-state index is 12.0. The summed E-state index contributed by atoms with van der Waals surface area (Å²) in [4.78, 5) is 13.9. The molecular weight excluding hydrogens is 341 g/mol. The van der Waals surface area contributed by atoms with Crippen LogP contribution in [0.25, 0.3) is 0 Å². The van der Waals surface area contributed by atoms with Crippen molar-refractivity contribution >= 4 is 34.2 Å². The number of halogens is 1. The van der Waals surface area contributed by atoms with Gasteiger partial charge in [-0.2, -0.15) is 5.10 Å². The summed E-state index contributed by atoms with van der Waals surface area (Å²) in [6.45, 7) is 0.549. The number of hydrogen-bond acceptors (Lipinski definition) is 2. The molecule has 0 aliphatic carbocycles. The molecule has 92 valence electrons. The van der Waals surface area contributed by atoms with Crippen LogP contribution in [-0.4, -0.2) is 15.7 Å². The molecule has 5 heteroatoms. The van der Waals surface area contributed by atoms with Gasteiger partial charge in [-0.3, -0.25) is 9.48 Å². The van der Waals surface area contributed by atoms with Gasteiger partial charge in [-0.15, -0.1) is 0 Å². The second kappa shape index (κ2) is 4.38. The Balaban J connectivity index is 1.92. The molecule has 0 N–H and O–H groups in total. The van der Waals surface area contributed by atoms with E-state index in [2.05, 4.69) is 33.8 Å². The van der Waals surface area contributed by atoms with Gasteiger partial charge in [-0.1, -0.05) is 0 Å². The molecule has 1 aromatic carbocycles. The van der Waals surface area contributed by atoms with E-state index in [4.69, 9.17) is 0 Å². The van der Waals surface area contributed by atoms with E-state index in [1.165, 1.54) is 3.57 Å². The van der Waals surface area contributed by atoms with Crippen LogP contribution >= 0.6 is 22.6 Å². The molecular formula is C13H12IN3O. The minimum Gasteiger partial charge on any atom is -0.306 e. The molecule has 2 heterocycles. The van der Waals surface area contributed by atoms with Crippen LogP contribution in [0.4, 0.5) is 5.69 Å². The Morgan fingerprint density at radius 2 is 2.22 bits per heavy atom. The van der Waals surface area contributed by atoms with E-state index < -0.39 is 0 Å². The lowest BCUT2D eigenvalue weighted by Gasteiger charge is -2.16. The van der Waals surface area contributed by atoms with E-state index in [-0.39, 0.29) is 5.91 Å². The number of amides is 1. The summed E-state index contributed by atoms with van der Waals surface area (Å²) in [7, 11) is 1.88. The van der Waals surface area contributed by atoms with E-state index >= 15 is 0 Å². The first-order chi connectivity index (χ1) is 8.63. The molecule has 3 rings (SSSR count). The Hall–Kier alpha value is -1.37. The topological polar surface area (TPSA) is 38.1 Å². The van der Waals surface area contributed by atoms with Crippen molar-refractivity contribution in [2.24, 2.45) is 7.05 Å². The van der Waals surface area contributed by atoms with Crippen LogP contribution in [0.1, 0.15) is 11.3 Å². The fraction of sp³-hybridized carbons (Fsp3) is 0.231. The zero-order valence-electron chi connectivity index (χ0n) is 9.93. The van der Waals surface area contributed by atoms with Gasteiger partial charge in [0.05, 0.1) is 18.7 Å². The van der Waals surface area contributed by atoms with Gasteiger partial charge in [-0.25, -0.2) is 0 Å². The van der Waals surface area contributed by atoms with Gasteiger partial charge < -0.3 is 4.90 Å². The molecule has 0 radical (unpaired) electrons. The molecule has 18 heavy (non-hydrogen) atoms. The molecule has 0 saturated carbocycles. The number of hydrogen-bond donors (Lipinski definition) is 0. The lowest BCUT2D eigenvalue weighted by molar-refractivity contribution is -0.117. The quantitative estimate of drug-likeness (QED) is 0.776. The second-order valence-corrected chi connectivity index (χ2v) is 5.66. The zero-order valence-corrected chi connectivity index (χ0v) is 12.1. The van der Waals surface area contributed by atoms with Crippen LogP contribution in [0, 0.1) is 3.57 Å². The largest absolute Gasteiger partial charge is 0.306 e. The van der Waals surface area contributed by atoms with Gasteiger partial charge >= 0.3 is 0 Å². The van der Waals surface area contributed by atoms with Crippen molar-refractivity contribution in [3.63, 3.8) is 0 Å². The van der Waals surface area contributed by atoms with Crippen molar-refractivity contribution in [1.29, 1.82) is 0 Å². The first-order valence-corrected chi connectivity index (χ1v) is 6.79. The Labute approximate surface area is 119 Å². The predicted octanol–water partition coefficient (Wildman–Crippen LogP) is 2.11. The highest BCUT2D eigenvalue weighted by molar-refractivity contribution is 14.1. The van der Waals surface area contributed by atoms with Gasteiger partial charge in [0, 0.05) is 22.5 Å². The summed E-state index contributed by atoms with van der Waals surface area (Å²) in [5.74, 6) is 0.151. The first-order valence-electron chi connectivity index (χ1n) is 5.71. The highest BCUT2D eigenvalue weighted by Gasteiger charge is 2.27. The zero-order chi connectivity index (χ0) is 12.7. The van der Waals surface area contributed by atoms with E-state index in [9.17, 15) is 4.79 Å². The molecule has 0 atom stereocenters. The van der Waals surface area contributed by atoms with Crippen LogP contribution in [0.2, 0.25) is 0 Å². The van der Waals surface area contributed by atoms with Crippen molar-refractivity contribution in [1.82, 2.24) is 9.78 Å². The summed E-state index contributed by atoms with van der Waals surface area (Å²) in [5.41, 5.74) is 3.05. The van der Waals surface area contributed by atoms with Crippen molar-refractivity contribution < 1.29 is 4.79 Å². The number of carbonyl (C=O) groups is 1. The minimum atomic E-state index is 0.151. The fourth-order valence-corrected chi connectivity index (χ4v) is 2.79.